The maximum atomic E-state index is 11.3. The zero-order chi connectivity index (χ0) is 11.9. The highest BCUT2D eigenvalue weighted by Crippen LogP contribution is 2.42. The van der Waals surface area contributed by atoms with E-state index >= 15 is 0 Å². The van der Waals surface area contributed by atoms with E-state index in [1.165, 1.54) is 12.1 Å². The lowest BCUT2D eigenvalue weighted by atomic mass is 10.2. The van der Waals surface area contributed by atoms with E-state index < -0.39 is 9.05 Å². The lowest BCUT2D eigenvalue weighted by Gasteiger charge is -2.29. The van der Waals surface area contributed by atoms with Gasteiger partial charge in [0.25, 0.3) is 9.05 Å². The van der Waals surface area contributed by atoms with Crippen molar-refractivity contribution in [1.82, 2.24) is 0 Å². The van der Waals surface area contributed by atoms with Gasteiger partial charge in [0.15, 0.2) is 5.75 Å². The molecule has 1 heterocycles. The topological polar surface area (TPSA) is 46.6 Å². The van der Waals surface area contributed by atoms with Crippen molar-refractivity contribution in [2.75, 3.05) is 25.1 Å². The van der Waals surface area contributed by atoms with E-state index in [-0.39, 0.29) is 10.6 Å². The zero-order valence-corrected chi connectivity index (χ0v) is 10.7. The second-order valence-corrected chi connectivity index (χ2v) is 6.37. The minimum Gasteiger partial charge on any atom is -0.488 e. The van der Waals surface area contributed by atoms with Gasteiger partial charge in [-0.2, -0.15) is 0 Å². The van der Waals surface area contributed by atoms with E-state index in [1.54, 1.807) is 0 Å². The van der Waals surface area contributed by atoms with Crippen molar-refractivity contribution in [3.63, 3.8) is 0 Å². The largest absolute Gasteiger partial charge is 0.488 e. The van der Waals surface area contributed by atoms with Crippen molar-refractivity contribution >= 4 is 37.0 Å². The average molecular weight is 282 g/mol. The Kier molecular flexibility index (Phi) is 2.94. The molecule has 88 valence electrons. The smallest absolute Gasteiger partial charge is 0.265 e. The van der Waals surface area contributed by atoms with Crippen LogP contribution in [0.1, 0.15) is 0 Å². The van der Waals surface area contributed by atoms with Gasteiger partial charge in [-0.05, 0) is 12.1 Å². The third kappa shape index (κ3) is 1.95. The maximum absolute atomic E-state index is 11.3. The van der Waals surface area contributed by atoms with Crippen LogP contribution in [0.25, 0.3) is 0 Å². The molecule has 0 saturated heterocycles. The van der Waals surface area contributed by atoms with E-state index in [0.29, 0.717) is 23.9 Å². The molecule has 1 aromatic carbocycles. The third-order valence-electron chi connectivity index (χ3n) is 2.36. The second kappa shape index (κ2) is 3.98. The van der Waals surface area contributed by atoms with Crippen LogP contribution >= 0.6 is 22.3 Å². The summed E-state index contributed by atoms with van der Waals surface area (Å²) in [4.78, 5) is 1.80. The molecule has 1 aliphatic heterocycles. The van der Waals surface area contributed by atoms with Crippen LogP contribution in [0, 0.1) is 0 Å². The molecule has 0 saturated carbocycles. The Hall–Kier alpha value is -0.650. The van der Waals surface area contributed by atoms with Gasteiger partial charge in [0.2, 0.25) is 0 Å². The SMILES string of the molecule is CN1CCOc2c(S(=O)(=O)Cl)ccc(Cl)c21. The molecule has 1 aliphatic rings. The van der Waals surface area contributed by atoms with Gasteiger partial charge < -0.3 is 9.64 Å². The molecule has 0 bridgehead atoms. The van der Waals surface area contributed by atoms with E-state index in [4.69, 9.17) is 27.0 Å². The highest BCUT2D eigenvalue weighted by Gasteiger charge is 2.26. The molecule has 0 aromatic heterocycles. The van der Waals surface area contributed by atoms with E-state index in [0.717, 1.165) is 0 Å². The number of benzene rings is 1. The first-order chi connectivity index (χ1) is 7.41. The lowest BCUT2D eigenvalue weighted by Crippen LogP contribution is -2.29. The maximum Gasteiger partial charge on any atom is 0.265 e. The van der Waals surface area contributed by atoms with Gasteiger partial charge in [-0.15, -0.1) is 0 Å². The highest BCUT2D eigenvalue weighted by atomic mass is 35.7. The van der Waals surface area contributed by atoms with Gasteiger partial charge in [-0.3, -0.25) is 0 Å². The number of halogens is 2. The Balaban J connectivity index is 2.72. The van der Waals surface area contributed by atoms with Crippen molar-refractivity contribution in [2.24, 2.45) is 0 Å². The Morgan fingerprint density at radius 3 is 2.75 bits per heavy atom. The number of ether oxygens (including phenoxy) is 1. The summed E-state index contributed by atoms with van der Waals surface area (Å²) in [5.41, 5.74) is 0.564. The molecule has 4 nitrogen and oxygen atoms in total. The Labute approximate surface area is 103 Å². The number of nitrogens with zero attached hydrogens (tertiary/aromatic N) is 1. The summed E-state index contributed by atoms with van der Waals surface area (Å²) in [6.45, 7) is 1.06. The summed E-state index contributed by atoms with van der Waals surface area (Å²) in [5.74, 6) is 0.233. The van der Waals surface area contributed by atoms with E-state index in [2.05, 4.69) is 0 Å². The normalized spacial score (nSPS) is 15.6. The second-order valence-electron chi connectivity index (χ2n) is 3.43. The van der Waals surface area contributed by atoms with Crippen molar-refractivity contribution in [2.45, 2.75) is 4.90 Å². The highest BCUT2D eigenvalue weighted by molar-refractivity contribution is 8.13. The van der Waals surface area contributed by atoms with Gasteiger partial charge in [-0.25, -0.2) is 8.42 Å². The first kappa shape index (κ1) is 11.8. The van der Waals surface area contributed by atoms with Crippen molar-refractivity contribution < 1.29 is 13.2 Å². The number of hydrogen-bond acceptors (Lipinski definition) is 4. The van der Waals surface area contributed by atoms with Crippen molar-refractivity contribution in [3.8, 4) is 5.75 Å². The van der Waals surface area contributed by atoms with Gasteiger partial charge in [0.05, 0.1) is 17.3 Å². The third-order valence-corrected chi connectivity index (χ3v) is 4.01. The minimum absolute atomic E-state index is 0.0416. The molecule has 0 atom stereocenters. The number of hydrogen-bond donors (Lipinski definition) is 0. The van der Waals surface area contributed by atoms with E-state index in [9.17, 15) is 8.42 Å². The monoisotopic (exact) mass is 281 g/mol. The number of anilines is 1. The summed E-state index contributed by atoms with van der Waals surface area (Å²) in [7, 11) is 3.32. The molecular weight excluding hydrogens is 273 g/mol. The zero-order valence-electron chi connectivity index (χ0n) is 8.41. The van der Waals surface area contributed by atoms with Gasteiger partial charge in [-0.1, -0.05) is 11.6 Å². The molecule has 2 rings (SSSR count). The van der Waals surface area contributed by atoms with Crippen LogP contribution in [0.2, 0.25) is 5.02 Å². The molecule has 1 aromatic rings. The predicted octanol–water partition coefficient (Wildman–Crippen LogP) is 2.10. The van der Waals surface area contributed by atoms with Crippen molar-refractivity contribution in [1.29, 1.82) is 0 Å². The Morgan fingerprint density at radius 1 is 1.44 bits per heavy atom. The number of likely N-dealkylation sites (N-methyl/N-ethyl adjacent to an activating group) is 1. The van der Waals surface area contributed by atoms with Crippen LogP contribution in [0.4, 0.5) is 5.69 Å². The molecule has 0 radical (unpaired) electrons. The molecular formula is C9H9Cl2NO3S. The predicted molar refractivity (Wildman–Crippen MR) is 63.3 cm³/mol. The summed E-state index contributed by atoms with van der Waals surface area (Å²) in [5, 5.41) is 0.446. The van der Waals surface area contributed by atoms with Gasteiger partial charge in [0.1, 0.15) is 11.5 Å². The number of rotatable bonds is 1. The summed E-state index contributed by atoms with van der Waals surface area (Å²) in [6.07, 6.45) is 0. The van der Waals surface area contributed by atoms with Crippen LogP contribution in [0.3, 0.4) is 0 Å². The molecule has 0 fully saturated rings. The molecule has 0 spiro atoms. The standard InChI is InChI=1S/C9H9Cl2NO3S/c1-12-4-5-15-9-7(16(11,13)14)3-2-6(10)8(9)12/h2-3H,4-5H2,1H3. The fourth-order valence-corrected chi connectivity index (χ4v) is 2.88. The molecule has 0 N–H and O–H groups in total. The Bertz CT molecular complexity index is 530. The molecule has 0 aliphatic carbocycles. The lowest BCUT2D eigenvalue weighted by molar-refractivity contribution is 0.303. The molecule has 7 heteroatoms. The molecule has 16 heavy (non-hydrogen) atoms. The average Bonchev–Trinajstić information content (AvgIpc) is 2.16. The quantitative estimate of drug-likeness (QED) is 0.740. The van der Waals surface area contributed by atoms with Crippen LogP contribution in [-0.2, 0) is 9.05 Å². The Morgan fingerprint density at radius 2 is 2.12 bits per heavy atom. The summed E-state index contributed by atoms with van der Waals surface area (Å²) >= 11 is 6.00. The van der Waals surface area contributed by atoms with Crippen LogP contribution in [-0.4, -0.2) is 28.6 Å². The van der Waals surface area contributed by atoms with E-state index in [1.807, 2.05) is 11.9 Å². The first-order valence-corrected chi connectivity index (χ1v) is 7.21. The molecule has 0 unspecified atom stereocenters. The molecule has 0 amide bonds. The van der Waals surface area contributed by atoms with Crippen LogP contribution in [0.5, 0.6) is 5.75 Å². The minimum atomic E-state index is -3.82. The van der Waals surface area contributed by atoms with Gasteiger partial charge >= 0.3 is 0 Å². The van der Waals surface area contributed by atoms with Crippen LogP contribution < -0.4 is 9.64 Å². The van der Waals surface area contributed by atoms with Gasteiger partial charge in [0, 0.05) is 17.7 Å². The first-order valence-electron chi connectivity index (χ1n) is 4.52. The van der Waals surface area contributed by atoms with Crippen molar-refractivity contribution in [3.05, 3.63) is 17.2 Å². The fraction of sp³-hybridized carbons (Fsp3) is 0.333. The summed E-state index contributed by atoms with van der Waals surface area (Å²) < 4.78 is 28.0. The summed E-state index contributed by atoms with van der Waals surface area (Å²) in [6, 6.07) is 2.85. The number of fused-ring (bicyclic) bond motifs is 1. The van der Waals surface area contributed by atoms with Crippen LogP contribution in [0.15, 0.2) is 17.0 Å². The fourth-order valence-electron chi connectivity index (χ4n) is 1.61.